The van der Waals surface area contributed by atoms with Crippen LogP contribution in [-0.4, -0.2) is 5.91 Å². The largest absolute Gasteiger partial charge is 0.472 e. The van der Waals surface area contributed by atoms with Crippen LogP contribution in [0.25, 0.3) is 11.1 Å². The quantitative estimate of drug-likeness (QED) is 0.792. The number of para-hydroxylation sites is 1. The molecule has 3 rings (SSSR count). The van der Waals surface area contributed by atoms with Crippen LogP contribution in [0.5, 0.6) is 0 Å². The van der Waals surface area contributed by atoms with E-state index in [4.69, 9.17) is 14.1 Å². The Morgan fingerprint density at radius 1 is 1.14 bits per heavy atom. The molecule has 1 aromatic carbocycles. The zero-order chi connectivity index (χ0) is 14.7. The molecule has 0 aliphatic carbocycles. The number of nitriles is 1. The van der Waals surface area contributed by atoms with Gasteiger partial charge in [-0.25, -0.2) is 0 Å². The van der Waals surface area contributed by atoms with Gasteiger partial charge in [0.05, 0.1) is 12.5 Å². The fourth-order valence-electron chi connectivity index (χ4n) is 1.97. The summed E-state index contributed by atoms with van der Waals surface area (Å²) in [6.45, 7) is 0. The second kappa shape index (κ2) is 5.39. The number of furan rings is 2. The summed E-state index contributed by atoms with van der Waals surface area (Å²) in [6.07, 6.45) is 3.17. The van der Waals surface area contributed by atoms with Crippen LogP contribution >= 0.6 is 0 Å². The highest BCUT2D eigenvalue weighted by atomic mass is 16.3. The lowest BCUT2D eigenvalue weighted by Crippen LogP contribution is -2.11. The van der Waals surface area contributed by atoms with E-state index in [1.54, 1.807) is 18.6 Å². The Labute approximate surface area is 120 Å². The second-order valence-corrected chi connectivity index (χ2v) is 4.29. The van der Waals surface area contributed by atoms with Crippen LogP contribution in [0, 0.1) is 11.3 Å². The molecule has 0 radical (unpaired) electrons. The summed E-state index contributed by atoms with van der Waals surface area (Å²) in [7, 11) is 0. The molecule has 3 aromatic rings. The van der Waals surface area contributed by atoms with Crippen molar-refractivity contribution in [3.63, 3.8) is 0 Å². The number of carbonyl (C=O) groups is 1. The summed E-state index contributed by atoms with van der Waals surface area (Å²) < 4.78 is 10.2. The lowest BCUT2D eigenvalue weighted by atomic mass is 10.1. The number of anilines is 1. The number of carbonyl (C=O) groups excluding carboxylic acids is 1. The third-order valence-electron chi connectivity index (χ3n) is 2.95. The molecule has 21 heavy (non-hydrogen) atoms. The van der Waals surface area contributed by atoms with E-state index in [1.165, 1.54) is 12.1 Å². The van der Waals surface area contributed by atoms with Crippen molar-refractivity contribution >= 4 is 11.6 Å². The molecule has 1 amide bonds. The third-order valence-corrected chi connectivity index (χ3v) is 2.95. The van der Waals surface area contributed by atoms with Crippen molar-refractivity contribution in [2.75, 3.05) is 5.32 Å². The molecule has 0 saturated carbocycles. The zero-order valence-electron chi connectivity index (χ0n) is 10.9. The van der Waals surface area contributed by atoms with Gasteiger partial charge in [-0.2, -0.15) is 5.26 Å². The van der Waals surface area contributed by atoms with E-state index in [2.05, 4.69) is 5.32 Å². The number of hydrogen-bond donors (Lipinski definition) is 1. The summed E-state index contributed by atoms with van der Waals surface area (Å²) in [5.41, 5.74) is 2.34. The van der Waals surface area contributed by atoms with E-state index in [9.17, 15) is 4.79 Å². The summed E-state index contributed by atoms with van der Waals surface area (Å²) >= 11 is 0. The minimum Gasteiger partial charge on any atom is -0.472 e. The van der Waals surface area contributed by atoms with Crippen LogP contribution in [-0.2, 0) is 0 Å². The van der Waals surface area contributed by atoms with Gasteiger partial charge in [-0.05, 0) is 24.3 Å². The Morgan fingerprint density at radius 3 is 2.71 bits per heavy atom. The fourth-order valence-corrected chi connectivity index (χ4v) is 1.97. The molecule has 0 fully saturated rings. The van der Waals surface area contributed by atoms with Gasteiger partial charge in [0.15, 0.2) is 5.76 Å². The van der Waals surface area contributed by atoms with Gasteiger partial charge < -0.3 is 14.2 Å². The maximum atomic E-state index is 12.1. The maximum absolute atomic E-state index is 12.1. The number of nitrogens with one attached hydrogen (secondary N) is 1. The van der Waals surface area contributed by atoms with Crippen LogP contribution < -0.4 is 5.32 Å². The molecule has 0 aliphatic rings. The summed E-state index contributed by atoms with van der Waals surface area (Å²) in [5, 5.41) is 11.5. The maximum Gasteiger partial charge on any atom is 0.291 e. The topological polar surface area (TPSA) is 79.2 Å². The molecule has 0 unspecified atom stereocenters. The number of hydrogen-bond acceptors (Lipinski definition) is 4. The van der Waals surface area contributed by atoms with Gasteiger partial charge in [0.1, 0.15) is 6.07 Å². The zero-order valence-corrected chi connectivity index (χ0v) is 10.9. The molecule has 2 heterocycles. The Morgan fingerprint density at radius 2 is 2.00 bits per heavy atom. The first kappa shape index (κ1) is 12.8. The molecule has 5 heteroatoms. The second-order valence-electron chi connectivity index (χ2n) is 4.29. The lowest BCUT2D eigenvalue weighted by molar-refractivity contribution is 0.0996. The van der Waals surface area contributed by atoms with Gasteiger partial charge in [0, 0.05) is 16.8 Å². The van der Waals surface area contributed by atoms with E-state index in [-0.39, 0.29) is 11.5 Å². The molecule has 0 atom stereocenters. The number of nitrogens with zero attached hydrogens (tertiary/aromatic N) is 1. The Hall–Kier alpha value is -3.26. The molecule has 0 aliphatic heterocycles. The smallest absolute Gasteiger partial charge is 0.291 e. The van der Waals surface area contributed by atoms with E-state index in [0.29, 0.717) is 5.69 Å². The average Bonchev–Trinajstić information content (AvgIpc) is 3.19. The Bertz CT molecular complexity index is 810. The first-order chi connectivity index (χ1) is 10.3. The van der Waals surface area contributed by atoms with Crippen molar-refractivity contribution in [2.45, 2.75) is 0 Å². The SMILES string of the molecule is N#Cc1ccc(C(=O)Nc2ccccc2-c2ccoc2)o1. The summed E-state index contributed by atoms with van der Waals surface area (Å²) in [6, 6.07) is 13.9. The lowest BCUT2D eigenvalue weighted by Gasteiger charge is -2.08. The minimum atomic E-state index is -0.410. The van der Waals surface area contributed by atoms with E-state index >= 15 is 0 Å². The van der Waals surface area contributed by atoms with Crippen molar-refractivity contribution in [2.24, 2.45) is 0 Å². The fraction of sp³-hybridized carbons (Fsp3) is 0. The van der Waals surface area contributed by atoms with Crippen LogP contribution in [0.1, 0.15) is 16.3 Å². The van der Waals surface area contributed by atoms with Gasteiger partial charge in [0.25, 0.3) is 5.91 Å². The molecular weight excluding hydrogens is 268 g/mol. The van der Waals surface area contributed by atoms with Crippen LogP contribution in [0.2, 0.25) is 0 Å². The molecule has 0 saturated heterocycles. The molecular formula is C16H10N2O3. The minimum absolute atomic E-state index is 0.0912. The van der Waals surface area contributed by atoms with Gasteiger partial charge in [-0.15, -0.1) is 0 Å². The molecule has 1 N–H and O–H groups in total. The van der Waals surface area contributed by atoms with E-state index < -0.39 is 5.91 Å². The first-order valence-electron chi connectivity index (χ1n) is 6.21. The molecule has 102 valence electrons. The van der Waals surface area contributed by atoms with Gasteiger partial charge in [-0.3, -0.25) is 4.79 Å². The van der Waals surface area contributed by atoms with Gasteiger partial charge >= 0.3 is 0 Å². The number of amides is 1. The molecule has 0 spiro atoms. The van der Waals surface area contributed by atoms with Crippen molar-refractivity contribution in [1.82, 2.24) is 0 Å². The van der Waals surface area contributed by atoms with Gasteiger partial charge in [-0.1, -0.05) is 18.2 Å². The van der Waals surface area contributed by atoms with Crippen molar-refractivity contribution in [3.8, 4) is 17.2 Å². The monoisotopic (exact) mass is 278 g/mol. The predicted molar refractivity (Wildman–Crippen MR) is 75.5 cm³/mol. The molecule has 2 aromatic heterocycles. The van der Waals surface area contributed by atoms with Crippen molar-refractivity contribution < 1.29 is 13.6 Å². The van der Waals surface area contributed by atoms with Gasteiger partial charge in [0.2, 0.25) is 5.76 Å². The average molecular weight is 278 g/mol. The molecule has 0 bridgehead atoms. The first-order valence-corrected chi connectivity index (χ1v) is 6.21. The van der Waals surface area contributed by atoms with Crippen LogP contribution in [0.15, 0.2) is 63.8 Å². The van der Waals surface area contributed by atoms with Crippen LogP contribution in [0.4, 0.5) is 5.69 Å². The van der Waals surface area contributed by atoms with Crippen LogP contribution in [0.3, 0.4) is 0 Å². The Kier molecular flexibility index (Phi) is 3.27. The highest BCUT2D eigenvalue weighted by Gasteiger charge is 2.14. The highest BCUT2D eigenvalue weighted by Crippen LogP contribution is 2.28. The highest BCUT2D eigenvalue weighted by molar-refractivity contribution is 6.04. The summed E-state index contributed by atoms with van der Waals surface area (Å²) in [4.78, 5) is 12.1. The van der Waals surface area contributed by atoms with Crippen molar-refractivity contribution in [3.05, 3.63) is 66.5 Å². The third kappa shape index (κ3) is 2.55. The Balaban J connectivity index is 1.89. The number of rotatable bonds is 3. The predicted octanol–water partition coefficient (Wildman–Crippen LogP) is 3.66. The number of benzene rings is 1. The standard InChI is InChI=1S/C16H10N2O3/c17-9-12-5-6-15(21-12)16(19)18-14-4-2-1-3-13(14)11-7-8-20-10-11/h1-8,10H,(H,18,19). The normalized spacial score (nSPS) is 10.0. The van der Waals surface area contributed by atoms with Crippen molar-refractivity contribution in [1.29, 1.82) is 5.26 Å². The van der Waals surface area contributed by atoms with E-state index in [1.807, 2.05) is 30.3 Å². The summed E-state index contributed by atoms with van der Waals surface area (Å²) in [5.74, 6) is -0.218. The van der Waals surface area contributed by atoms with E-state index in [0.717, 1.165) is 11.1 Å². The molecule has 5 nitrogen and oxygen atoms in total.